The topological polar surface area (TPSA) is 70.2 Å². The zero-order valence-electron chi connectivity index (χ0n) is 18.9. The summed E-state index contributed by atoms with van der Waals surface area (Å²) in [6.45, 7) is 3.68. The molecule has 2 atom stereocenters. The zero-order chi connectivity index (χ0) is 23.5. The van der Waals surface area contributed by atoms with Gasteiger partial charge in [0.25, 0.3) is 11.8 Å². The first kappa shape index (κ1) is 23.1. The number of hydrogen-bond acceptors (Lipinski definition) is 5. The lowest BCUT2D eigenvalue weighted by Crippen LogP contribution is -2.57. The highest BCUT2D eigenvalue weighted by Crippen LogP contribution is 2.29. The summed E-state index contributed by atoms with van der Waals surface area (Å²) < 4.78 is 20.3. The van der Waals surface area contributed by atoms with Crippen LogP contribution in [0.25, 0.3) is 0 Å². The third kappa shape index (κ3) is 4.41. The Morgan fingerprint density at radius 2 is 1.70 bits per heavy atom. The molecule has 7 nitrogen and oxygen atoms in total. The minimum Gasteiger partial charge on any atom is -0.378 e. The van der Waals surface area contributed by atoms with Gasteiger partial charge in [0.1, 0.15) is 5.82 Å². The van der Waals surface area contributed by atoms with Crippen molar-refractivity contribution >= 4 is 23.4 Å². The number of rotatable bonds is 7. The van der Waals surface area contributed by atoms with E-state index in [-0.39, 0.29) is 48.5 Å². The van der Waals surface area contributed by atoms with Crippen molar-refractivity contribution in [3.05, 3.63) is 65.5 Å². The number of likely N-dealkylation sites (tertiary alicyclic amines) is 1. The van der Waals surface area contributed by atoms with Crippen LogP contribution >= 0.6 is 0 Å². The molecular weight excluding hydrogens is 425 g/mol. The Labute approximate surface area is 192 Å². The lowest BCUT2D eigenvalue weighted by molar-refractivity contribution is -0.120. The second-order valence-corrected chi connectivity index (χ2v) is 8.31. The molecule has 4 rings (SSSR count). The maximum Gasteiger partial charge on any atom is 0.261 e. The van der Waals surface area contributed by atoms with Gasteiger partial charge in [0.2, 0.25) is 5.91 Å². The molecule has 8 heteroatoms. The van der Waals surface area contributed by atoms with Gasteiger partial charge in [-0.05, 0) is 30.7 Å². The Bertz CT molecular complexity index is 1020. The van der Waals surface area contributed by atoms with E-state index in [0.717, 1.165) is 0 Å². The lowest BCUT2D eigenvalue weighted by atomic mass is 9.98. The summed E-state index contributed by atoms with van der Waals surface area (Å²) in [5, 5.41) is 0. The number of hydrogen-bond donors (Lipinski definition) is 0. The fourth-order valence-corrected chi connectivity index (χ4v) is 4.70. The van der Waals surface area contributed by atoms with Gasteiger partial charge < -0.3 is 9.64 Å². The summed E-state index contributed by atoms with van der Waals surface area (Å²) in [6, 6.07) is 12.8. The number of amides is 3. The SMILES string of the molecule is CCC(=O)N(c1ccccc1F)[C@@H]1CCN(CCN2C(=O)c3ccccc3C2=O)C[C@H]1OC. The van der Waals surface area contributed by atoms with Crippen LogP contribution in [0.5, 0.6) is 0 Å². The van der Waals surface area contributed by atoms with Crippen LogP contribution in [0.15, 0.2) is 48.5 Å². The molecule has 2 aromatic carbocycles. The molecule has 2 aliphatic heterocycles. The molecule has 2 aliphatic rings. The number of carbonyl (C=O) groups excluding carboxylic acids is 3. The van der Waals surface area contributed by atoms with Crippen LogP contribution in [0.2, 0.25) is 0 Å². The molecule has 0 bridgehead atoms. The monoisotopic (exact) mass is 453 g/mol. The maximum absolute atomic E-state index is 14.6. The Hall–Kier alpha value is -3.10. The molecule has 0 unspecified atom stereocenters. The number of imide groups is 1. The highest BCUT2D eigenvalue weighted by atomic mass is 19.1. The predicted molar refractivity (Wildman–Crippen MR) is 122 cm³/mol. The second kappa shape index (κ2) is 9.80. The van der Waals surface area contributed by atoms with Crippen LogP contribution in [0.1, 0.15) is 40.5 Å². The molecule has 2 heterocycles. The number of para-hydroxylation sites is 1. The summed E-state index contributed by atoms with van der Waals surface area (Å²) in [7, 11) is 1.58. The van der Waals surface area contributed by atoms with Crippen molar-refractivity contribution in [2.75, 3.05) is 38.2 Å². The van der Waals surface area contributed by atoms with E-state index in [2.05, 4.69) is 4.90 Å². The van der Waals surface area contributed by atoms with Gasteiger partial charge in [-0.25, -0.2) is 4.39 Å². The van der Waals surface area contributed by atoms with Crippen molar-refractivity contribution in [2.45, 2.75) is 31.9 Å². The summed E-state index contributed by atoms with van der Waals surface area (Å²) in [4.78, 5) is 43.0. The third-order valence-electron chi connectivity index (χ3n) is 6.44. The number of fused-ring (bicyclic) bond motifs is 1. The number of benzene rings is 2. The minimum absolute atomic E-state index is 0.161. The smallest absolute Gasteiger partial charge is 0.261 e. The van der Waals surface area contributed by atoms with Crippen LogP contribution in [0.4, 0.5) is 10.1 Å². The summed E-state index contributed by atoms with van der Waals surface area (Å²) in [5.74, 6) is -1.14. The third-order valence-corrected chi connectivity index (χ3v) is 6.44. The van der Waals surface area contributed by atoms with Crippen LogP contribution in [-0.2, 0) is 9.53 Å². The second-order valence-electron chi connectivity index (χ2n) is 8.31. The molecule has 1 fully saturated rings. The normalized spacial score (nSPS) is 20.8. The number of anilines is 1. The van der Waals surface area contributed by atoms with Gasteiger partial charge in [0, 0.05) is 39.7 Å². The minimum atomic E-state index is -0.442. The molecule has 174 valence electrons. The average molecular weight is 454 g/mol. The molecule has 3 amide bonds. The molecule has 1 saturated heterocycles. The molecular formula is C25H28FN3O4. The van der Waals surface area contributed by atoms with Gasteiger partial charge in [-0.1, -0.05) is 31.2 Å². The first-order chi connectivity index (χ1) is 16.0. The largest absolute Gasteiger partial charge is 0.378 e. The van der Waals surface area contributed by atoms with Gasteiger partial charge in [0.15, 0.2) is 0 Å². The van der Waals surface area contributed by atoms with Gasteiger partial charge in [-0.2, -0.15) is 0 Å². The van der Waals surface area contributed by atoms with Crippen LogP contribution < -0.4 is 4.90 Å². The Morgan fingerprint density at radius 3 is 2.30 bits per heavy atom. The highest BCUT2D eigenvalue weighted by Gasteiger charge is 2.39. The fraction of sp³-hybridized carbons (Fsp3) is 0.400. The van der Waals surface area contributed by atoms with Crippen molar-refractivity contribution in [3.8, 4) is 0 Å². The summed E-state index contributed by atoms with van der Waals surface area (Å²) >= 11 is 0. The molecule has 2 aromatic rings. The van der Waals surface area contributed by atoms with Gasteiger partial charge in [-0.3, -0.25) is 24.2 Å². The van der Waals surface area contributed by atoms with E-state index in [1.807, 2.05) is 0 Å². The molecule has 0 radical (unpaired) electrons. The van der Waals surface area contributed by atoms with Gasteiger partial charge in [-0.15, -0.1) is 0 Å². The van der Waals surface area contributed by atoms with Gasteiger partial charge >= 0.3 is 0 Å². The van der Waals surface area contributed by atoms with Crippen molar-refractivity contribution in [2.24, 2.45) is 0 Å². The van der Waals surface area contributed by atoms with E-state index in [1.54, 1.807) is 56.5 Å². The molecule has 0 saturated carbocycles. The van der Waals surface area contributed by atoms with Gasteiger partial charge in [0.05, 0.1) is 29.0 Å². The van der Waals surface area contributed by atoms with Crippen LogP contribution in [0, 0.1) is 5.82 Å². The molecule has 0 spiro atoms. The first-order valence-electron chi connectivity index (χ1n) is 11.2. The Morgan fingerprint density at radius 1 is 1.06 bits per heavy atom. The highest BCUT2D eigenvalue weighted by molar-refractivity contribution is 6.21. The number of carbonyl (C=O) groups is 3. The number of halogens is 1. The quantitative estimate of drug-likeness (QED) is 0.603. The van der Waals surface area contributed by atoms with Crippen molar-refractivity contribution in [1.82, 2.24) is 9.80 Å². The van der Waals surface area contributed by atoms with Crippen LogP contribution in [-0.4, -0.2) is 73.0 Å². The summed E-state index contributed by atoms with van der Waals surface area (Å²) in [6.07, 6.45) is 0.502. The van der Waals surface area contributed by atoms with Crippen molar-refractivity contribution in [1.29, 1.82) is 0 Å². The van der Waals surface area contributed by atoms with E-state index in [1.165, 1.54) is 15.9 Å². The maximum atomic E-state index is 14.6. The Kier molecular flexibility index (Phi) is 6.85. The molecule has 0 N–H and O–H groups in total. The average Bonchev–Trinajstić information content (AvgIpc) is 3.09. The molecule has 0 aromatic heterocycles. The number of ether oxygens (including phenoxy) is 1. The summed E-state index contributed by atoms with van der Waals surface area (Å²) in [5.41, 5.74) is 1.14. The van der Waals surface area contributed by atoms with Crippen molar-refractivity contribution < 1.29 is 23.5 Å². The van der Waals surface area contributed by atoms with Crippen molar-refractivity contribution in [3.63, 3.8) is 0 Å². The number of nitrogens with zero attached hydrogens (tertiary/aromatic N) is 3. The van der Waals surface area contributed by atoms with E-state index < -0.39 is 5.82 Å². The van der Waals surface area contributed by atoms with E-state index in [4.69, 9.17) is 4.74 Å². The predicted octanol–water partition coefficient (Wildman–Crippen LogP) is 2.95. The first-order valence-corrected chi connectivity index (χ1v) is 11.2. The standard InChI is InChI=1S/C25H28FN3O4/c1-3-23(30)29(20-11-7-6-10-19(20)26)21-12-13-27(16-22(21)33-2)14-15-28-24(31)17-8-4-5-9-18(17)25(28)32/h4-11,21-22H,3,12-16H2,1-2H3/t21-,22-/m1/s1. The zero-order valence-corrected chi connectivity index (χ0v) is 18.9. The molecule has 0 aliphatic carbocycles. The van der Waals surface area contributed by atoms with E-state index in [0.29, 0.717) is 37.2 Å². The van der Waals surface area contributed by atoms with E-state index in [9.17, 15) is 18.8 Å². The van der Waals surface area contributed by atoms with E-state index >= 15 is 0 Å². The number of methoxy groups -OCH3 is 1. The van der Waals surface area contributed by atoms with Crippen LogP contribution in [0.3, 0.4) is 0 Å². The molecule has 33 heavy (non-hydrogen) atoms. The Balaban J connectivity index is 1.44. The lowest BCUT2D eigenvalue weighted by Gasteiger charge is -2.43. The fourth-order valence-electron chi connectivity index (χ4n) is 4.70. The number of piperidine rings is 1.